The number of nitrogens with one attached hydrogen (secondary N) is 1. The van der Waals surface area contributed by atoms with E-state index >= 15 is 0 Å². The molecule has 13 aromatic rings. The van der Waals surface area contributed by atoms with Gasteiger partial charge in [-0.2, -0.15) is 0 Å². The molecule has 358 valence electrons. The van der Waals surface area contributed by atoms with Crippen LogP contribution in [0.5, 0.6) is 0 Å². The number of fused-ring (bicyclic) bond motifs is 15. The highest BCUT2D eigenvalue weighted by atomic mass is 16.3. The van der Waals surface area contributed by atoms with Gasteiger partial charge in [-0.3, -0.25) is 0 Å². The first-order chi connectivity index (χ1) is 37.7. The summed E-state index contributed by atoms with van der Waals surface area (Å²) in [6, 6.07) is 92.8. The molecule has 0 atom stereocenters. The number of para-hydroxylation sites is 4. The van der Waals surface area contributed by atoms with E-state index in [2.05, 4.69) is 253 Å². The maximum atomic E-state index is 6.66. The number of hydrogen-bond donors (Lipinski definition) is 1. The van der Waals surface area contributed by atoms with Crippen molar-refractivity contribution in [2.45, 2.75) is 11.8 Å². The minimum atomic E-state index is -0.315. The molecular weight excluding hydrogens is 925 g/mol. The van der Waals surface area contributed by atoms with Crippen molar-refractivity contribution >= 4 is 77.9 Å². The van der Waals surface area contributed by atoms with Crippen molar-refractivity contribution in [3.63, 3.8) is 0 Å². The molecule has 0 saturated heterocycles. The highest BCUT2D eigenvalue weighted by Crippen LogP contribution is 2.64. The Labute approximate surface area is 440 Å². The minimum absolute atomic E-state index is 0.315. The Kier molecular flexibility index (Phi) is 10.1. The van der Waals surface area contributed by atoms with Gasteiger partial charge in [0.25, 0.3) is 0 Å². The van der Waals surface area contributed by atoms with Gasteiger partial charge in [0.1, 0.15) is 11.2 Å². The molecule has 76 heavy (non-hydrogen) atoms. The van der Waals surface area contributed by atoms with E-state index in [9.17, 15) is 0 Å². The van der Waals surface area contributed by atoms with Gasteiger partial charge >= 0.3 is 0 Å². The predicted octanol–water partition coefficient (Wildman–Crippen LogP) is 19.8. The van der Waals surface area contributed by atoms with Crippen molar-refractivity contribution in [2.24, 2.45) is 0 Å². The van der Waals surface area contributed by atoms with E-state index in [0.717, 1.165) is 78.7 Å². The second-order valence-corrected chi connectivity index (χ2v) is 19.9. The fraction of sp³-hybridized carbons (Fsp3) is 0.0278. The number of rotatable bonds is 7. The molecular formula is C72H48N2O2. The zero-order chi connectivity index (χ0) is 50.2. The molecule has 0 aliphatic heterocycles. The maximum absolute atomic E-state index is 6.66. The highest BCUT2D eigenvalue weighted by Gasteiger charge is 2.52. The van der Waals surface area contributed by atoms with Crippen molar-refractivity contribution in [3.8, 4) is 33.4 Å². The Balaban J connectivity index is 0.000000164. The molecule has 0 bridgehead atoms. The summed E-state index contributed by atoms with van der Waals surface area (Å²) in [5.41, 5.74) is 24.3. The van der Waals surface area contributed by atoms with Crippen LogP contribution in [0.2, 0.25) is 0 Å². The molecule has 3 aliphatic carbocycles. The lowest BCUT2D eigenvalue weighted by Gasteiger charge is -2.32. The average molecular weight is 973 g/mol. The van der Waals surface area contributed by atoms with Gasteiger partial charge in [0.15, 0.2) is 11.2 Å². The molecule has 2 aromatic heterocycles. The summed E-state index contributed by atoms with van der Waals surface area (Å²) >= 11 is 0. The van der Waals surface area contributed by atoms with E-state index in [4.69, 9.17) is 8.83 Å². The maximum Gasteiger partial charge on any atom is 0.159 e. The number of benzene rings is 11. The highest BCUT2D eigenvalue weighted by molar-refractivity contribution is 6.11. The van der Waals surface area contributed by atoms with E-state index in [0.29, 0.717) is 0 Å². The molecule has 1 N–H and O–H groups in total. The lowest BCUT2D eigenvalue weighted by atomic mass is 9.70. The summed E-state index contributed by atoms with van der Waals surface area (Å²) in [5.74, 6) is 0. The van der Waals surface area contributed by atoms with Crippen LogP contribution in [0.1, 0.15) is 28.7 Å². The van der Waals surface area contributed by atoms with Crippen LogP contribution in [0.15, 0.2) is 287 Å². The van der Waals surface area contributed by atoms with Crippen molar-refractivity contribution in [1.29, 1.82) is 0 Å². The van der Waals surface area contributed by atoms with Gasteiger partial charge in [0.05, 0.1) is 16.8 Å². The van der Waals surface area contributed by atoms with E-state index < -0.39 is 0 Å². The fourth-order valence-electron chi connectivity index (χ4n) is 12.5. The number of furan rings is 2. The molecule has 0 saturated carbocycles. The quantitative estimate of drug-likeness (QED) is 0.173. The van der Waals surface area contributed by atoms with E-state index in [1.165, 1.54) is 66.8 Å². The summed E-state index contributed by atoms with van der Waals surface area (Å²) < 4.78 is 12.7. The Morgan fingerprint density at radius 1 is 0.382 bits per heavy atom. The SMILES string of the molecule is C1=CC2=C(C1)c1cc(N(c3ccc(-c4ccccc4)cc3)c3cccc4c3oc3ccccc34)ccc1C21c2ccccc2-c2ccccc21.c1ccc(-c2ccc(Nc3cccc4c3oc3ccccc34)cc2)cc1. The van der Waals surface area contributed by atoms with Crippen LogP contribution in [0.4, 0.5) is 28.4 Å². The molecule has 16 rings (SSSR count). The molecule has 3 aliphatic rings. The van der Waals surface area contributed by atoms with Gasteiger partial charge in [0, 0.05) is 38.6 Å². The van der Waals surface area contributed by atoms with Crippen molar-refractivity contribution in [3.05, 3.63) is 301 Å². The summed E-state index contributed by atoms with van der Waals surface area (Å²) in [4.78, 5) is 2.38. The van der Waals surface area contributed by atoms with Crippen LogP contribution in [0, 0.1) is 0 Å². The Hall–Kier alpha value is -9.90. The summed E-state index contributed by atoms with van der Waals surface area (Å²) in [6.45, 7) is 0. The smallest absolute Gasteiger partial charge is 0.159 e. The van der Waals surface area contributed by atoms with Crippen LogP contribution in [0.25, 0.3) is 82.8 Å². The molecule has 0 amide bonds. The first-order valence-electron chi connectivity index (χ1n) is 26.1. The number of nitrogens with zero attached hydrogens (tertiary/aromatic N) is 1. The van der Waals surface area contributed by atoms with Gasteiger partial charge in [0.2, 0.25) is 0 Å². The topological polar surface area (TPSA) is 41.6 Å². The van der Waals surface area contributed by atoms with Crippen LogP contribution in [-0.4, -0.2) is 0 Å². The summed E-state index contributed by atoms with van der Waals surface area (Å²) in [6.07, 6.45) is 5.67. The third kappa shape index (κ3) is 6.84. The third-order valence-electron chi connectivity index (χ3n) is 15.8. The molecule has 0 radical (unpaired) electrons. The molecule has 1 spiro atoms. The molecule has 0 fully saturated rings. The first-order valence-corrected chi connectivity index (χ1v) is 26.1. The Bertz CT molecular complexity index is 4400. The first kappa shape index (κ1) is 43.7. The van der Waals surface area contributed by atoms with Gasteiger partial charge in [-0.15, -0.1) is 0 Å². The monoisotopic (exact) mass is 972 g/mol. The van der Waals surface area contributed by atoms with E-state index in [-0.39, 0.29) is 5.41 Å². The van der Waals surface area contributed by atoms with Crippen LogP contribution in [0.3, 0.4) is 0 Å². The molecule has 11 aromatic carbocycles. The normalized spacial score (nSPS) is 13.5. The van der Waals surface area contributed by atoms with Gasteiger partial charge < -0.3 is 19.1 Å². The Morgan fingerprint density at radius 2 is 0.882 bits per heavy atom. The largest absolute Gasteiger partial charge is 0.454 e. The summed E-state index contributed by atoms with van der Waals surface area (Å²) in [5, 5.41) is 8.02. The predicted molar refractivity (Wildman–Crippen MR) is 315 cm³/mol. The number of anilines is 5. The molecule has 0 unspecified atom stereocenters. The minimum Gasteiger partial charge on any atom is -0.454 e. The molecule has 4 heteroatoms. The van der Waals surface area contributed by atoms with Crippen LogP contribution < -0.4 is 10.2 Å². The zero-order valence-corrected chi connectivity index (χ0v) is 41.5. The van der Waals surface area contributed by atoms with Crippen LogP contribution >= 0.6 is 0 Å². The van der Waals surface area contributed by atoms with Crippen molar-refractivity contribution in [1.82, 2.24) is 0 Å². The third-order valence-corrected chi connectivity index (χ3v) is 15.8. The van der Waals surface area contributed by atoms with Crippen molar-refractivity contribution in [2.75, 3.05) is 10.2 Å². The van der Waals surface area contributed by atoms with E-state index in [1.54, 1.807) is 0 Å². The Morgan fingerprint density at radius 3 is 1.54 bits per heavy atom. The van der Waals surface area contributed by atoms with Crippen LogP contribution in [-0.2, 0) is 5.41 Å². The number of hydrogen-bond acceptors (Lipinski definition) is 4. The lowest BCUT2D eigenvalue weighted by molar-refractivity contribution is 0.669. The second-order valence-electron chi connectivity index (χ2n) is 19.9. The van der Waals surface area contributed by atoms with E-state index in [1.807, 2.05) is 30.3 Å². The van der Waals surface area contributed by atoms with Gasteiger partial charge in [-0.25, -0.2) is 0 Å². The molecule has 4 nitrogen and oxygen atoms in total. The average Bonchev–Trinajstić information content (AvgIpc) is 4.38. The fourth-order valence-corrected chi connectivity index (χ4v) is 12.5. The molecule has 2 heterocycles. The standard InChI is InChI=1S/C48H31NO.C24H17NO/c1-2-12-31(13-3-1)32-24-26-33(27-25-32)49(45-22-11-18-39-38-16-6-9-23-46(38)50-47(39)45)34-28-29-44-40(30-34)37-17-10-21-43(37)48(44)41-19-7-4-14-35(41)36-15-5-8-20-42(36)48;1-2-7-17(8-3-1)18-13-15-19(16-14-18)25-22-11-6-10-21-20-9-4-5-12-23(20)26-24(21)22/h1-16,18-30H,17H2;1-16,25H. The van der Waals surface area contributed by atoms with Gasteiger partial charge in [-0.1, -0.05) is 212 Å². The second kappa shape index (κ2) is 17.7. The number of allylic oxidation sites excluding steroid dienone is 4. The summed E-state index contributed by atoms with van der Waals surface area (Å²) in [7, 11) is 0. The van der Waals surface area contributed by atoms with Gasteiger partial charge in [-0.05, 0) is 134 Å². The lowest BCUT2D eigenvalue weighted by Crippen LogP contribution is -2.26. The van der Waals surface area contributed by atoms with Crippen molar-refractivity contribution < 1.29 is 8.83 Å². The zero-order valence-electron chi connectivity index (χ0n) is 41.5.